The van der Waals surface area contributed by atoms with Crippen LogP contribution in [0.4, 0.5) is 5.69 Å². The Labute approximate surface area is 128 Å². The second-order valence-electron chi connectivity index (χ2n) is 5.55. The summed E-state index contributed by atoms with van der Waals surface area (Å²) in [5.74, 6) is 0.117. The number of rotatable bonds is 4. The van der Waals surface area contributed by atoms with Gasteiger partial charge >= 0.3 is 0 Å². The second kappa shape index (κ2) is 6.14. The van der Waals surface area contributed by atoms with Crippen LogP contribution in [-0.2, 0) is 11.3 Å². The first-order valence-electron chi connectivity index (χ1n) is 7.26. The van der Waals surface area contributed by atoms with E-state index in [2.05, 4.69) is 49.7 Å². The molecule has 0 spiro atoms. The van der Waals surface area contributed by atoms with Crippen molar-refractivity contribution in [2.45, 2.75) is 31.8 Å². The zero-order chi connectivity index (χ0) is 13.9. The molecule has 0 atom stereocenters. The molecule has 3 rings (SSSR count). The first kappa shape index (κ1) is 13.9. The van der Waals surface area contributed by atoms with E-state index in [4.69, 9.17) is 0 Å². The minimum Gasteiger partial charge on any atom is -0.362 e. The highest BCUT2D eigenvalue weighted by molar-refractivity contribution is 9.10. The third-order valence-corrected chi connectivity index (χ3v) is 4.30. The van der Waals surface area contributed by atoms with Crippen LogP contribution in [0.5, 0.6) is 0 Å². The molecule has 1 amide bonds. The van der Waals surface area contributed by atoms with Crippen molar-refractivity contribution in [2.24, 2.45) is 0 Å². The molecule has 1 aliphatic carbocycles. The minimum absolute atomic E-state index is 0.117. The Morgan fingerprint density at radius 2 is 2.25 bits per heavy atom. The van der Waals surface area contributed by atoms with E-state index < -0.39 is 0 Å². The normalized spacial score (nSPS) is 19.6. The van der Waals surface area contributed by atoms with Gasteiger partial charge in [-0.3, -0.25) is 4.79 Å². The maximum Gasteiger partial charge on any atom is 0.239 e. The average Bonchev–Trinajstić information content (AvgIpc) is 3.24. The molecule has 2 N–H and O–H groups in total. The van der Waals surface area contributed by atoms with E-state index in [9.17, 15) is 4.79 Å². The number of carbonyl (C=O) groups excluding carboxylic acids is 1. The molecule has 20 heavy (non-hydrogen) atoms. The fraction of sp³-hybridized carbons (Fsp3) is 0.533. The number of halogens is 1. The molecule has 0 radical (unpaired) electrons. The largest absolute Gasteiger partial charge is 0.362 e. The standard InChI is InChI=1S/C15H20BrN3O/c16-12-2-5-14(11(8-12)9-18-13-3-4-13)19-7-1-6-17-15(20)10-19/h2,5,8,13,18H,1,3-4,6-7,9-10H2,(H,17,20). The van der Waals surface area contributed by atoms with Gasteiger partial charge in [-0.25, -0.2) is 0 Å². The van der Waals surface area contributed by atoms with Gasteiger partial charge < -0.3 is 15.5 Å². The van der Waals surface area contributed by atoms with E-state index in [-0.39, 0.29) is 5.91 Å². The molecule has 2 aliphatic rings. The lowest BCUT2D eigenvalue weighted by Gasteiger charge is -2.24. The van der Waals surface area contributed by atoms with Crippen LogP contribution in [0.15, 0.2) is 22.7 Å². The summed E-state index contributed by atoms with van der Waals surface area (Å²) in [4.78, 5) is 13.9. The van der Waals surface area contributed by atoms with E-state index in [1.54, 1.807) is 0 Å². The molecule has 0 aromatic heterocycles. The lowest BCUT2D eigenvalue weighted by atomic mass is 10.1. The Bertz CT molecular complexity index is 502. The van der Waals surface area contributed by atoms with Crippen molar-refractivity contribution in [3.63, 3.8) is 0 Å². The van der Waals surface area contributed by atoms with Crippen LogP contribution in [-0.4, -0.2) is 31.6 Å². The van der Waals surface area contributed by atoms with Crippen molar-refractivity contribution >= 4 is 27.5 Å². The van der Waals surface area contributed by atoms with Gasteiger partial charge in [0.05, 0.1) is 6.54 Å². The van der Waals surface area contributed by atoms with Crippen LogP contribution in [0.25, 0.3) is 0 Å². The van der Waals surface area contributed by atoms with Crippen molar-refractivity contribution in [3.05, 3.63) is 28.2 Å². The highest BCUT2D eigenvalue weighted by Crippen LogP contribution is 2.27. The molecule has 4 nitrogen and oxygen atoms in total. The highest BCUT2D eigenvalue weighted by Gasteiger charge is 2.22. The van der Waals surface area contributed by atoms with Gasteiger partial charge in [0.1, 0.15) is 0 Å². The van der Waals surface area contributed by atoms with E-state index in [0.29, 0.717) is 12.6 Å². The molecule has 1 aliphatic heterocycles. The third-order valence-electron chi connectivity index (χ3n) is 3.80. The summed E-state index contributed by atoms with van der Waals surface area (Å²) >= 11 is 3.54. The fourth-order valence-electron chi connectivity index (χ4n) is 2.56. The molecule has 1 saturated carbocycles. The molecule has 5 heteroatoms. The maximum absolute atomic E-state index is 11.7. The van der Waals surface area contributed by atoms with Crippen molar-refractivity contribution < 1.29 is 4.79 Å². The molecule has 1 saturated heterocycles. The van der Waals surface area contributed by atoms with Gasteiger partial charge in [-0.2, -0.15) is 0 Å². The zero-order valence-electron chi connectivity index (χ0n) is 11.5. The van der Waals surface area contributed by atoms with Crippen molar-refractivity contribution in [1.29, 1.82) is 0 Å². The van der Waals surface area contributed by atoms with Gasteiger partial charge in [-0.05, 0) is 43.0 Å². The smallest absolute Gasteiger partial charge is 0.239 e. The van der Waals surface area contributed by atoms with E-state index >= 15 is 0 Å². The molecule has 1 aromatic carbocycles. The molecule has 0 bridgehead atoms. The number of hydrogen-bond acceptors (Lipinski definition) is 3. The summed E-state index contributed by atoms with van der Waals surface area (Å²) in [6.45, 7) is 3.04. The van der Waals surface area contributed by atoms with E-state index in [0.717, 1.165) is 30.5 Å². The van der Waals surface area contributed by atoms with Gasteiger partial charge in [-0.1, -0.05) is 15.9 Å². The summed E-state index contributed by atoms with van der Waals surface area (Å²) in [5, 5.41) is 6.49. The number of carbonyl (C=O) groups is 1. The second-order valence-corrected chi connectivity index (χ2v) is 6.47. The summed E-state index contributed by atoms with van der Waals surface area (Å²) in [7, 11) is 0. The number of benzene rings is 1. The Kier molecular flexibility index (Phi) is 4.27. The SMILES string of the molecule is O=C1CN(c2ccc(Br)cc2CNC2CC2)CCCN1. The Balaban J connectivity index is 1.80. The van der Waals surface area contributed by atoms with Crippen molar-refractivity contribution in [2.75, 3.05) is 24.5 Å². The molecular weight excluding hydrogens is 318 g/mol. The molecule has 2 fully saturated rings. The predicted molar refractivity (Wildman–Crippen MR) is 83.8 cm³/mol. The number of nitrogens with one attached hydrogen (secondary N) is 2. The summed E-state index contributed by atoms with van der Waals surface area (Å²) < 4.78 is 1.09. The van der Waals surface area contributed by atoms with Crippen LogP contribution in [0, 0.1) is 0 Å². The predicted octanol–water partition coefficient (Wildman–Crippen LogP) is 2.03. The average molecular weight is 338 g/mol. The van der Waals surface area contributed by atoms with Crippen LogP contribution < -0.4 is 15.5 Å². The van der Waals surface area contributed by atoms with Gasteiger partial charge in [0.15, 0.2) is 0 Å². The van der Waals surface area contributed by atoms with Gasteiger partial charge in [0.25, 0.3) is 0 Å². The lowest BCUT2D eigenvalue weighted by molar-refractivity contribution is -0.119. The van der Waals surface area contributed by atoms with Crippen LogP contribution >= 0.6 is 15.9 Å². The zero-order valence-corrected chi connectivity index (χ0v) is 13.1. The van der Waals surface area contributed by atoms with E-state index in [1.165, 1.54) is 24.1 Å². The summed E-state index contributed by atoms with van der Waals surface area (Å²) in [6, 6.07) is 7.02. The fourth-order valence-corrected chi connectivity index (χ4v) is 2.97. The first-order chi connectivity index (χ1) is 9.72. The van der Waals surface area contributed by atoms with Crippen LogP contribution in [0.1, 0.15) is 24.8 Å². The van der Waals surface area contributed by atoms with Crippen LogP contribution in [0.2, 0.25) is 0 Å². The van der Waals surface area contributed by atoms with Crippen LogP contribution in [0.3, 0.4) is 0 Å². The number of hydrogen-bond donors (Lipinski definition) is 2. The summed E-state index contributed by atoms with van der Waals surface area (Å²) in [5.41, 5.74) is 2.44. The lowest BCUT2D eigenvalue weighted by Crippen LogP contribution is -2.34. The Morgan fingerprint density at radius 1 is 1.40 bits per heavy atom. The summed E-state index contributed by atoms with van der Waals surface area (Å²) in [6.07, 6.45) is 3.57. The van der Waals surface area contributed by atoms with Gasteiger partial charge in [0, 0.05) is 35.8 Å². The highest BCUT2D eigenvalue weighted by atomic mass is 79.9. The Hall–Kier alpha value is -1.07. The number of amides is 1. The number of anilines is 1. The molecular formula is C15H20BrN3O. The molecule has 1 heterocycles. The quantitative estimate of drug-likeness (QED) is 0.883. The first-order valence-corrected chi connectivity index (χ1v) is 8.05. The Morgan fingerprint density at radius 3 is 3.05 bits per heavy atom. The monoisotopic (exact) mass is 337 g/mol. The molecule has 1 aromatic rings. The minimum atomic E-state index is 0.117. The maximum atomic E-state index is 11.7. The molecule has 0 unspecified atom stereocenters. The number of nitrogens with zero attached hydrogens (tertiary/aromatic N) is 1. The van der Waals surface area contributed by atoms with Crippen molar-refractivity contribution in [1.82, 2.24) is 10.6 Å². The topological polar surface area (TPSA) is 44.4 Å². The van der Waals surface area contributed by atoms with Gasteiger partial charge in [0.2, 0.25) is 5.91 Å². The van der Waals surface area contributed by atoms with Crippen molar-refractivity contribution in [3.8, 4) is 0 Å². The van der Waals surface area contributed by atoms with Gasteiger partial charge in [-0.15, -0.1) is 0 Å². The van der Waals surface area contributed by atoms with E-state index in [1.807, 2.05) is 0 Å². The molecule has 108 valence electrons. The third kappa shape index (κ3) is 3.52.